The minimum Gasteiger partial charge on any atom is -0.381 e. The number of anilines is 1. The highest BCUT2D eigenvalue weighted by atomic mass is 35.5. The number of rotatable bonds is 2. The Morgan fingerprint density at radius 3 is 3.07 bits per heavy atom. The predicted molar refractivity (Wildman–Crippen MR) is 63.1 cm³/mol. The van der Waals surface area contributed by atoms with Crippen molar-refractivity contribution in [2.75, 3.05) is 16.8 Å². The number of hydrogen-bond acceptors (Lipinski definition) is 3. The van der Waals surface area contributed by atoms with E-state index in [9.17, 15) is 0 Å². The van der Waals surface area contributed by atoms with Gasteiger partial charge in [0, 0.05) is 23.7 Å². The Labute approximate surface area is 93.4 Å². The zero-order valence-electron chi connectivity index (χ0n) is 8.03. The molecule has 0 aliphatic carbocycles. The number of nitrogens with one attached hydrogen (secondary N) is 1. The quantitative estimate of drug-likeness (QED) is 0.788. The fraction of sp³-hybridized carbons (Fsp3) is 0.500. The second kappa shape index (κ2) is 4.41. The molecule has 1 fully saturated rings. The third kappa shape index (κ3) is 2.34. The number of hydrogen-bond donors (Lipinski definition) is 1. The van der Waals surface area contributed by atoms with Crippen molar-refractivity contribution in [1.29, 1.82) is 0 Å². The van der Waals surface area contributed by atoms with E-state index in [2.05, 4.69) is 17.2 Å². The summed E-state index contributed by atoms with van der Waals surface area (Å²) in [5, 5.41) is 4.04. The molecule has 0 amide bonds. The van der Waals surface area contributed by atoms with Crippen LogP contribution >= 0.6 is 23.4 Å². The van der Waals surface area contributed by atoms with Crippen molar-refractivity contribution in [2.24, 2.45) is 5.92 Å². The van der Waals surface area contributed by atoms with E-state index in [1.54, 1.807) is 6.20 Å². The summed E-state index contributed by atoms with van der Waals surface area (Å²) in [7, 11) is 0. The maximum absolute atomic E-state index is 5.81. The number of pyridine rings is 1. The molecule has 0 saturated carbocycles. The van der Waals surface area contributed by atoms with E-state index in [4.69, 9.17) is 11.6 Å². The van der Waals surface area contributed by atoms with E-state index in [-0.39, 0.29) is 0 Å². The lowest BCUT2D eigenvalue weighted by atomic mass is 10.1. The topological polar surface area (TPSA) is 24.9 Å². The molecule has 14 heavy (non-hydrogen) atoms. The smallest absolute Gasteiger partial charge is 0.131 e. The molecule has 1 aromatic rings. The average molecular weight is 229 g/mol. The molecule has 0 aromatic carbocycles. The highest BCUT2D eigenvalue weighted by Crippen LogP contribution is 2.26. The summed E-state index contributed by atoms with van der Waals surface area (Å²) in [4.78, 5) is 3.95. The molecule has 2 unspecified atom stereocenters. The van der Waals surface area contributed by atoms with Crippen LogP contribution in [0, 0.1) is 5.92 Å². The number of aromatic nitrogens is 1. The van der Waals surface area contributed by atoms with Crippen molar-refractivity contribution < 1.29 is 0 Å². The van der Waals surface area contributed by atoms with E-state index in [0.717, 1.165) is 11.6 Å². The van der Waals surface area contributed by atoms with Crippen molar-refractivity contribution in [1.82, 2.24) is 4.98 Å². The predicted octanol–water partition coefficient (Wildman–Crippen LogP) is 2.90. The first kappa shape index (κ1) is 10.1. The average Bonchev–Trinajstić information content (AvgIpc) is 2.52. The van der Waals surface area contributed by atoms with Crippen molar-refractivity contribution in [3.8, 4) is 0 Å². The minimum atomic E-state index is 0.549. The number of halogens is 1. The van der Waals surface area contributed by atoms with Gasteiger partial charge in [0.1, 0.15) is 5.15 Å². The Bertz CT molecular complexity index is 319. The van der Waals surface area contributed by atoms with Gasteiger partial charge in [-0.05, 0) is 23.8 Å². The molecule has 4 heteroatoms. The number of nitrogens with zero attached hydrogens (tertiary/aromatic N) is 1. The summed E-state index contributed by atoms with van der Waals surface area (Å²) in [5.41, 5.74) is 1.07. The minimum absolute atomic E-state index is 0.549. The molecule has 2 rings (SSSR count). The van der Waals surface area contributed by atoms with Gasteiger partial charge < -0.3 is 5.32 Å². The molecule has 1 aromatic heterocycles. The molecule has 2 heterocycles. The fourth-order valence-corrected chi connectivity index (χ4v) is 3.13. The van der Waals surface area contributed by atoms with Gasteiger partial charge in [-0.25, -0.2) is 4.98 Å². The first-order valence-electron chi connectivity index (χ1n) is 4.71. The summed E-state index contributed by atoms with van der Waals surface area (Å²) in [6, 6.07) is 4.40. The lowest BCUT2D eigenvalue weighted by Gasteiger charge is -2.17. The van der Waals surface area contributed by atoms with Crippen LogP contribution in [0.4, 0.5) is 5.69 Å². The van der Waals surface area contributed by atoms with Gasteiger partial charge in [-0.2, -0.15) is 11.8 Å². The van der Waals surface area contributed by atoms with Gasteiger partial charge in [0.05, 0.1) is 0 Å². The monoisotopic (exact) mass is 228 g/mol. The van der Waals surface area contributed by atoms with Crippen LogP contribution in [0.3, 0.4) is 0 Å². The molecule has 0 spiro atoms. The van der Waals surface area contributed by atoms with Crippen LogP contribution in [0.2, 0.25) is 5.15 Å². The van der Waals surface area contributed by atoms with Gasteiger partial charge in [-0.1, -0.05) is 18.5 Å². The molecule has 1 aliphatic rings. The van der Waals surface area contributed by atoms with Crippen LogP contribution in [-0.4, -0.2) is 22.5 Å². The Morgan fingerprint density at radius 1 is 1.57 bits per heavy atom. The second-order valence-corrected chi connectivity index (χ2v) is 5.09. The lowest BCUT2D eigenvalue weighted by molar-refractivity contribution is 0.599. The molecular formula is C10H13ClN2S. The molecule has 1 aliphatic heterocycles. The van der Waals surface area contributed by atoms with Crippen molar-refractivity contribution in [3.63, 3.8) is 0 Å². The Hall–Kier alpha value is -0.410. The fourth-order valence-electron chi connectivity index (χ4n) is 1.55. The summed E-state index contributed by atoms with van der Waals surface area (Å²) in [6.45, 7) is 2.28. The molecule has 76 valence electrons. The Balaban J connectivity index is 2.03. The zero-order chi connectivity index (χ0) is 9.97. The van der Waals surface area contributed by atoms with Gasteiger partial charge in [0.25, 0.3) is 0 Å². The van der Waals surface area contributed by atoms with Crippen LogP contribution in [0.5, 0.6) is 0 Å². The van der Waals surface area contributed by atoms with E-state index >= 15 is 0 Å². The van der Waals surface area contributed by atoms with Crippen LogP contribution in [0.1, 0.15) is 6.92 Å². The largest absolute Gasteiger partial charge is 0.381 e. The molecule has 1 saturated heterocycles. The third-order valence-corrected chi connectivity index (χ3v) is 4.01. The molecule has 2 atom stereocenters. The molecule has 0 radical (unpaired) electrons. The summed E-state index contributed by atoms with van der Waals surface area (Å²) >= 11 is 7.81. The highest BCUT2D eigenvalue weighted by Gasteiger charge is 2.23. The van der Waals surface area contributed by atoms with Gasteiger partial charge >= 0.3 is 0 Å². The summed E-state index contributed by atoms with van der Waals surface area (Å²) in [5.74, 6) is 3.16. The molecule has 0 bridgehead atoms. The SMILES string of the molecule is CC1CSCC1Nc1ccnc(Cl)c1. The van der Waals surface area contributed by atoms with Crippen LogP contribution < -0.4 is 5.32 Å². The standard InChI is InChI=1S/C10H13ClN2S/c1-7-5-14-6-9(7)13-8-2-3-12-10(11)4-8/h2-4,7,9H,5-6H2,1H3,(H,12,13). The maximum Gasteiger partial charge on any atom is 0.131 e. The number of thioether (sulfide) groups is 1. The van der Waals surface area contributed by atoms with Gasteiger partial charge in [-0.3, -0.25) is 0 Å². The Morgan fingerprint density at radius 2 is 2.43 bits per heavy atom. The first-order chi connectivity index (χ1) is 6.75. The van der Waals surface area contributed by atoms with Crippen molar-refractivity contribution in [3.05, 3.63) is 23.5 Å². The summed E-state index contributed by atoms with van der Waals surface area (Å²) < 4.78 is 0. The normalized spacial score (nSPS) is 26.4. The second-order valence-electron chi connectivity index (χ2n) is 3.63. The zero-order valence-corrected chi connectivity index (χ0v) is 9.61. The lowest BCUT2D eigenvalue weighted by Crippen LogP contribution is -2.25. The van der Waals surface area contributed by atoms with E-state index in [0.29, 0.717) is 11.2 Å². The van der Waals surface area contributed by atoms with E-state index in [1.165, 1.54) is 11.5 Å². The summed E-state index contributed by atoms with van der Waals surface area (Å²) in [6.07, 6.45) is 1.73. The first-order valence-corrected chi connectivity index (χ1v) is 6.25. The molecule has 1 N–H and O–H groups in total. The van der Waals surface area contributed by atoms with Crippen LogP contribution in [0.25, 0.3) is 0 Å². The molecular weight excluding hydrogens is 216 g/mol. The molecule has 2 nitrogen and oxygen atoms in total. The highest BCUT2D eigenvalue weighted by molar-refractivity contribution is 7.99. The van der Waals surface area contributed by atoms with Crippen molar-refractivity contribution >= 4 is 29.1 Å². The van der Waals surface area contributed by atoms with Gasteiger partial charge in [0.15, 0.2) is 0 Å². The van der Waals surface area contributed by atoms with Gasteiger partial charge in [-0.15, -0.1) is 0 Å². The van der Waals surface area contributed by atoms with Crippen LogP contribution in [0.15, 0.2) is 18.3 Å². The van der Waals surface area contributed by atoms with E-state index < -0.39 is 0 Å². The maximum atomic E-state index is 5.81. The van der Waals surface area contributed by atoms with Gasteiger partial charge in [0.2, 0.25) is 0 Å². The third-order valence-electron chi connectivity index (χ3n) is 2.44. The van der Waals surface area contributed by atoms with Crippen LogP contribution in [-0.2, 0) is 0 Å². The van der Waals surface area contributed by atoms with E-state index in [1.807, 2.05) is 23.9 Å². The Kier molecular flexibility index (Phi) is 3.19. The van der Waals surface area contributed by atoms with Crippen molar-refractivity contribution in [2.45, 2.75) is 13.0 Å².